The fraction of sp³-hybridized carbons (Fsp3) is 0.600. The van der Waals surface area contributed by atoms with E-state index in [1.165, 1.54) is 0 Å². The van der Waals surface area contributed by atoms with Crippen LogP contribution in [0.5, 0.6) is 5.75 Å². The van der Waals surface area contributed by atoms with Crippen LogP contribution in [0.4, 0.5) is 22.4 Å². The first kappa shape index (κ1) is 20.9. The van der Waals surface area contributed by atoms with Crippen LogP contribution in [0, 0.1) is 11.7 Å². The molecule has 30 heavy (non-hydrogen) atoms. The molecule has 0 spiro atoms. The highest BCUT2D eigenvalue weighted by molar-refractivity contribution is 5.81. The number of fused-ring (bicyclic) bond motifs is 1. The molecule has 164 valence electrons. The van der Waals surface area contributed by atoms with Crippen LogP contribution in [-0.4, -0.2) is 66.6 Å². The van der Waals surface area contributed by atoms with Crippen molar-refractivity contribution < 1.29 is 36.6 Å². The van der Waals surface area contributed by atoms with Gasteiger partial charge in [-0.15, -0.1) is 0 Å². The number of carbonyl (C=O) groups excluding carboxylic acids is 2. The number of ketones is 1. The van der Waals surface area contributed by atoms with Gasteiger partial charge in [-0.1, -0.05) is 0 Å². The first-order valence-electron chi connectivity index (χ1n) is 9.91. The van der Waals surface area contributed by atoms with E-state index in [4.69, 9.17) is 9.47 Å². The standard InChI is InChI=1S/C20H22F4N2O4/c21-16-2-1-13(20(22,23)24)8-18(16)30-15-3-5-26(10-15)19(28)25-6-4-17-12(9-25)7-14(27)11-29-17/h1-2,8,12,15,17H,3-7,9-11H2/t12-,15?,17+/m1/s1. The number of piperidine rings is 1. The third kappa shape index (κ3) is 4.38. The monoisotopic (exact) mass is 430 g/mol. The van der Waals surface area contributed by atoms with E-state index in [0.717, 1.165) is 6.07 Å². The number of hydrogen-bond donors (Lipinski definition) is 0. The predicted octanol–water partition coefficient (Wildman–Crippen LogP) is 3.10. The topological polar surface area (TPSA) is 59.1 Å². The molecule has 0 radical (unpaired) electrons. The number of halogens is 4. The van der Waals surface area contributed by atoms with Crippen molar-refractivity contribution in [3.63, 3.8) is 0 Å². The summed E-state index contributed by atoms with van der Waals surface area (Å²) in [7, 11) is 0. The van der Waals surface area contributed by atoms with Crippen molar-refractivity contribution in [2.45, 2.75) is 37.6 Å². The van der Waals surface area contributed by atoms with E-state index < -0.39 is 29.4 Å². The van der Waals surface area contributed by atoms with Crippen molar-refractivity contribution in [3.8, 4) is 5.75 Å². The lowest BCUT2D eigenvalue weighted by atomic mass is 9.88. The fourth-order valence-electron chi connectivity index (χ4n) is 4.30. The molecular weight excluding hydrogens is 408 g/mol. The molecule has 0 saturated carbocycles. The van der Waals surface area contributed by atoms with Crippen LogP contribution in [0.2, 0.25) is 0 Å². The summed E-state index contributed by atoms with van der Waals surface area (Å²) in [5, 5.41) is 0. The average molecular weight is 430 g/mol. The van der Waals surface area contributed by atoms with Crippen molar-refractivity contribution in [2.75, 3.05) is 32.8 Å². The number of amides is 2. The Morgan fingerprint density at radius 3 is 2.63 bits per heavy atom. The first-order valence-corrected chi connectivity index (χ1v) is 9.91. The van der Waals surface area contributed by atoms with Crippen LogP contribution < -0.4 is 4.74 Å². The van der Waals surface area contributed by atoms with E-state index in [9.17, 15) is 27.2 Å². The van der Waals surface area contributed by atoms with E-state index in [2.05, 4.69) is 0 Å². The van der Waals surface area contributed by atoms with Crippen molar-refractivity contribution in [2.24, 2.45) is 5.92 Å². The van der Waals surface area contributed by atoms with Gasteiger partial charge in [0, 0.05) is 38.4 Å². The molecule has 1 aromatic carbocycles. The number of hydrogen-bond acceptors (Lipinski definition) is 4. The summed E-state index contributed by atoms with van der Waals surface area (Å²) in [6, 6.07) is 1.83. The number of rotatable bonds is 2. The van der Waals surface area contributed by atoms with Gasteiger partial charge < -0.3 is 19.3 Å². The van der Waals surface area contributed by atoms with Crippen LogP contribution in [-0.2, 0) is 15.7 Å². The summed E-state index contributed by atoms with van der Waals surface area (Å²) >= 11 is 0. The third-order valence-electron chi connectivity index (χ3n) is 5.85. The first-order chi connectivity index (χ1) is 14.2. The fourth-order valence-corrected chi connectivity index (χ4v) is 4.30. The number of urea groups is 1. The molecule has 3 atom stereocenters. The zero-order chi connectivity index (χ0) is 21.5. The number of benzene rings is 1. The normalized spacial score (nSPS) is 27.2. The number of alkyl halides is 3. The Morgan fingerprint density at radius 2 is 1.87 bits per heavy atom. The molecule has 10 heteroatoms. The summed E-state index contributed by atoms with van der Waals surface area (Å²) in [5.41, 5.74) is -0.989. The number of Topliss-reactive ketones (excluding diaryl/α,β-unsaturated/α-hetero) is 1. The van der Waals surface area contributed by atoms with Crippen molar-refractivity contribution in [3.05, 3.63) is 29.6 Å². The Balaban J connectivity index is 1.36. The van der Waals surface area contributed by atoms with Crippen molar-refractivity contribution in [1.82, 2.24) is 9.80 Å². The summed E-state index contributed by atoms with van der Waals surface area (Å²) in [4.78, 5) is 27.7. The van der Waals surface area contributed by atoms with Gasteiger partial charge in [-0.3, -0.25) is 4.79 Å². The molecular formula is C20H22F4N2O4. The highest BCUT2D eigenvalue weighted by Gasteiger charge is 2.39. The summed E-state index contributed by atoms with van der Waals surface area (Å²) in [6.45, 7) is 1.60. The van der Waals surface area contributed by atoms with Gasteiger partial charge in [-0.25, -0.2) is 9.18 Å². The molecule has 0 aliphatic carbocycles. The van der Waals surface area contributed by atoms with Gasteiger partial charge >= 0.3 is 12.2 Å². The molecule has 6 nitrogen and oxygen atoms in total. The zero-order valence-corrected chi connectivity index (χ0v) is 16.2. The zero-order valence-electron chi connectivity index (χ0n) is 16.2. The second-order valence-corrected chi connectivity index (χ2v) is 7.99. The molecule has 1 unspecified atom stereocenters. The number of ether oxygens (including phenoxy) is 2. The highest BCUT2D eigenvalue weighted by Crippen LogP contribution is 2.34. The SMILES string of the molecule is O=C1CO[C@H]2CCN(C(=O)N3CCC(Oc4cc(C(F)(F)F)ccc4F)C3)C[C@H]2C1. The molecule has 3 saturated heterocycles. The van der Waals surface area contributed by atoms with Gasteiger partial charge in [0.1, 0.15) is 12.7 Å². The molecule has 2 amide bonds. The van der Waals surface area contributed by atoms with Gasteiger partial charge in [0.25, 0.3) is 0 Å². The molecule has 0 aromatic heterocycles. The van der Waals surface area contributed by atoms with Gasteiger partial charge in [-0.05, 0) is 24.6 Å². The second kappa shape index (κ2) is 8.05. The van der Waals surface area contributed by atoms with Crippen molar-refractivity contribution in [1.29, 1.82) is 0 Å². The maximum atomic E-state index is 13.9. The largest absolute Gasteiger partial charge is 0.485 e. The Kier molecular flexibility index (Phi) is 5.61. The Labute approximate surface area is 170 Å². The van der Waals surface area contributed by atoms with E-state index in [1.54, 1.807) is 9.80 Å². The van der Waals surface area contributed by atoms with E-state index in [1.807, 2.05) is 0 Å². The number of carbonyl (C=O) groups is 2. The Morgan fingerprint density at radius 1 is 1.13 bits per heavy atom. The lowest BCUT2D eigenvalue weighted by Gasteiger charge is -2.41. The minimum Gasteiger partial charge on any atom is -0.485 e. The van der Waals surface area contributed by atoms with E-state index >= 15 is 0 Å². The van der Waals surface area contributed by atoms with Crippen LogP contribution in [0.15, 0.2) is 18.2 Å². The van der Waals surface area contributed by atoms with Crippen LogP contribution >= 0.6 is 0 Å². The van der Waals surface area contributed by atoms with Gasteiger partial charge in [0.2, 0.25) is 0 Å². The highest BCUT2D eigenvalue weighted by atomic mass is 19.4. The molecule has 4 rings (SSSR count). The van der Waals surface area contributed by atoms with E-state index in [0.29, 0.717) is 51.0 Å². The summed E-state index contributed by atoms with van der Waals surface area (Å²) in [6.07, 6.45) is -3.75. The molecule has 3 aliphatic rings. The lowest BCUT2D eigenvalue weighted by molar-refractivity contribution is -0.140. The quantitative estimate of drug-likeness (QED) is 0.677. The third-order valence-corrected chi connectivity index (χ3v) is 5.85. The summed E-state index contributed by atoms with van der Waals surface area (Å²) < 4.78 is 63.5. The van der Waals surface area contributed by atoms with Gasteiger partial charge in [-0.2, -0.15) is 13.2 Å². The van der Waals surface area contributed by atoms with Crippen molar-refractivity contribution >= 4 is 11.8 Å². The predicted molar refractivity (Wildman–Crippen MR) is 96.4 cm³/mol. The molecule has 3 fully saturated rings. The number of likely N-dealkylation sites (tertiary alicyclic amines) is 2. The second-order valence-electron chi connectivity index (χ2n) is 7.99. The van der Waals surface area contributed by atoms with E-state index in [-0.39, 0.29) is 37.0 Å². The minimum atomic E-state index is -4.60. The molecule has 3 heterocycles. The smallest absolute Gasteiger partial charge is 0.416 e. The number of nitrogens with zero attached hydrogens (tertiary/aromatic N) is 2. The molecule has 1 aromatic rings. The lowest BCUT2D eigenvalue weighted by Crippen LogP contribution is -2.53. The van der Waals surface area contributed by atoms with Gasteiger partial charge in [0.15, 0.2) is 17.3 Å². The summed E-state index contributed by atoms with van der Waals surface area (Å²) in [5.74, 6) is -1.33. The Hall–Kier alpha value is -2.36. The van der Waals surface area contributed by atoms with Gasteiger partial charge in [0.05, 0.1) is 18.2 Å². The maximum Gasteiger partial charge on any atom is 0.416 e. The van der Waals surface area contributed by atoms with Crippen LogP contribution in [0.3, 0.4) is 0 Å². The van der Waals surface area contributed by atoms with Crippen LogP contribution in [0.1, 0.15) is 24.8 Å². The molecule has 3 aliphatic heterocycles. The average Bonchev–Trinajstić information content (AvgIpc) is 3.16. The molecule has 0 bridgehead atoms. The Bertz CT molecular complexity index is 832. The molecule has 0 N–H and O–H groups in total. The maximum absolute atomic E-state index is 13.9. The minimum absolute atomic E-state index is 0.00899. The van der Waals surface area contributed by atoms with Crippen LogP contribution in [0.25, 0.3) is 0 Å².